The van der Waals surface area contributed by atoms with Crippen LogP contribution in [-0.2, 0) is 0 Å². The van der Waals surface area contributed by atoms with Crippen molar-refractivity contribution in [2.75, 3.05) is 19.6 Å². The first-order valence-electron chi connectivity index (χ1n) is 8.82. The largest absolute Gasteiger partial charge is 0.330 e. The van der Waals surface area contributed by atoms with Crippen molar-refractivity contribution in [3.8, 4) is 0 Å². The predicted molar refractivity (Wildman–Crippen MR) is 85.5 cm³/mol. The number of rotatable bonds is 10. The maximum Gasteiger partial charge on any atom is 0.00952 e. The summed E-state index contributed by atoms with van der Waals surface area (Å²) >= 11 is 0. The van der Waals surface area contributed by atoms with Gasteiger partial charge in [0.2, 0.25) is 0 Å². The number of hydrogen-bond acceptors (Lipinski definition) is 2. The normalized spacial score (nSPS) is 17.8. The van der Waals surface area contributed by atoms with Crippen LogP contribution in [0.25, 0.3) is 0 Å². The van der Waals surface area contributed by atoms with Crippen LogP contribution in [0.5, 0.6) is 0 Å². The molecule has 114 valence electrons. The first-order chi connectivity index (χ1) is 9.38. The molecule has 0 heterocycles. The quantitative estimate of drug-likeness (QED) is 0.472. The lowest BCUT2D eigenvalue weighted by Crippen LogP contribution is -2.37. The lowest BCUT2D eigenvalue weighted by molar-refractivity contribution is 0.174. The summed E-state index contributed by atoms with van der Waals surface area (Å²) in [7, 11) is 0. The van der Waals surface area contributed by atoms with Crippen molar-refractivity contribution in [1.29, 1.82) is 0 Å². The first-order valence-corrected chi connectivity index (χ1v) is 8.82. The van der Waals surface area contributed by atoms with E-state index in [9.17, 15) is 0 Å². The molecule has 0 aliphatic heterocycles. The van der Waals surface area contributed by atoms with E-state index in [2.05, 4.69) is 11.8 Å². The molecule has 2 heteroatoms. The van der Waals surface area contributed by atoms with E-state index in [1.165, 1.54) is 90.1 Å². The Morgan fingerprint density at radius 3 is 2.11 bits per heavy atom. The Labute approximate surface area is 121 Å². The van der Waals surface area contributed by atoms with Crippen LogP contribution >= 0.6 is 0 Å². The predicted octanol–water partition coefficient (Wildman–Crippen LogP) is 4.33. The summed E-state index contributed by atoms with van der Waals surface area (Å²) in [5, 5.41) is 0. The molecule has 0 unspecified atom stereocenters. The second kappa shape index (κ2) is 11.7. The van der Waals surface area contributed by atoms with E-state index >= 15 is 0 Å². The highest BCUT2D eigenvalue weighted by Gasteiger charge is 2.19. The fourth-order valence-electron chi connectivity index (χ4n) is 3.31. The summed E-state index contributed by atoms with van der Waals surface area (Å²) in [6, 6.07) is 0.861. The van der Waals surface area contributed by atoms with Gasteiger partial charge >= 0.3 is 0 Å². The van der Waals surface area contributed by atoms with Gasteiger partial charge in [0.05, 0.1) is 0 Å². The third-order valence-corrected chi connectivity index (χ3v) is 4.54. The van der Waals surface area contributed by atoms with Gasteiger partial charge in [0, 0.05) is 6.04 Å². The fourth-order valence-corrected chi connectivity index (χ4v) is 3.31. The smallest absolute Gasteiger partial charge is 0.00952 e. The molecule has 1 rings (SSSR count). The lowest BCUT2D eigenvalue weighted by Gasteiger charge is -2.31. The van der Waals surface area contributed by atoms with E-state index in [0.717, 1.165) is 12.6 Å². The SMILES string of the molecule is CCCCCCCN(CCCN)C1CCCCCC1. The highest BCUT2D eigenvalue weighted by Crippen LogP contribution is 2.22. The Kier molecular flexibility index (Phi) is 10.5. The van der Waals surface area contributed by atoms with Crippen molar-refractivity contribution >= 4 is 0 Å². The van der Waals surface area contributed by atoms with Crippen LogP contribution in [0.4, 0.5) is 0 Å². The second-order valence-electron chi connectivity index (χ2n) is 6.24. The van der Waals surface area contributed by atoms with Crippen molar-refractivity contribution < 1.29 is 0 Å². The molecule has 0 aromatic heterocycles. The minimum absolute atomic E-state index is 0.846. The second-order valence-corrected chi connectivity index (χ2v) is 6.24. The summed E-state index contributed by atoms with van der Waals surface area (Å²) in [5.74, 6) is 0. The lowest BCUT2D eigenvalue weighted by atomic mass is 10.1. The van der Waals surface area contributed by atoms with Crippen LogP contribution in [0, 0.1) is 0 Å². The van der Waals surface area contributed by atoms with Gasteiger partial charge in [-0.15, -0.1) is 0 Å². The maximum atomic E-state index is 5.70. The first kappa shape index (κ1) is 17.0. The molecule has 0 amide bonds. The number of nitrogens with two attached hydrogens (primary N) is 1. The molecule has 0 radical (unpaired) electrons. The van der Waals surface area contributed by atoms with E-state index in [1.54, 1.807) is 0 Å². The molecule has 1 fully saturated rings. The molecule has 1 saturated carbocycles. The Balaban J connectivity index is 2.27. The Morgan fingerprint density at radius 2 is 1.47 bits per heavy atom. The third-order valence-electron chi connectivity index (χ3n) is 4.54. The number of nitrogens with zero attached hydrogens (tertiary/aromatic N) is 1. The Hall–Kier alpha value is -0.0800. The highest BCUT2D eigenvalue weighted by atomic mass is 15.1. The van der Waals surface area contributed by atoms with E-state index in [-0.39, 0.29) is 0 Å². The summed E-state index contributed by atoms with van der Waals surface area (Å²) in [6.07, 6.45) is 16.8. The molecule has 0 atom stereocenters. The third kappa shape index (κ3) is 7.94. The van der Waals surface area contributed by atoms with Gasteiger partial charge in [0.25, 0.3) is 0 Å². The van der Waals surface area contributed by atoms with Crippen molar-refractivity contribution in [1.82, 2.24) is 4.90 Å². The van der Waals surface area contributed by atoms with Gasteiger partial charge in [-0.2, -0.15) is 0 Å². The van der Waals surface area contributed by atoms with Crippen LogP contribution in [0.15, 0.2) is 0 Å². The van der Waals surface area contributed by atoms with Gasteiger partial charge in [0.15, 0.2) is 0 Å². The number of hydrogen-bond donors (Lipinski definition) is 1. The summed E-state index contributed by atoms with van der Waals surface area (Å²) in [5.41, 5.74) is 5.70. The van der Waals surface area contributed by atoms with Crippen LogP contribution in [0.3, 0.4) is 0 Å². The topological polar surface area (TPSA) is 29.3 Å². The van der Waals surface area contributed by atoms with Crippen molar-refractivity contribution in [3.63, 3.8) is 0 Å². The molecule has 19 heavy (non-hydrogen) atoms. The molecule has 1 aliphatic carbocycles. The molecule has 0 aromatic rings. The zero-order valence-electron chi connectivity index (χ0n) is 13.2. The van der Waals surface area contributed by atoms with Gasteiger partial charge in [-0.3, -0.25) is 0 Å². The molecular weight excluding hydrogens is 232 g/mol. The zero-order valence-corrected chi connectivity index (χ0v) is 13.2. The average molecular weight is 268 g/mol. The monoisotopic (exact) mass is 268 g/mol. The number of unbranched alkanes of at least 4 members (excludes halogenated alkanes) is 4. The molecule has 0 aromatic carbocycles. The van der Waals surface area contributed by atoms with Crippen molar-refractivity contribution in [2.24, 2.45) is 5.73 Å². The van der Waals surface area contributed by atoms with Crippen LogP contribution in [0.1, 0.15) is 84.0 Å². The Bertz CT molecular complexity index is 186. The average Bonchev–Trinajstić information content (AvgIpc) is 2.71. The van der Waals surface area contributed by atoms with Crippen LogP contribution in [0.2, 0.25) is 0 Å². The maximum absolute atomic E-state index is 5.70. The molecule has 0 bridgehead atoms. The van der Waals surface area contributed by atoms with Gasteiger partial charge in [-0.05, 0) is 45.3 Å². The van der Waals surface area contributed by atoms with Gasteiger partial charge in [-0.25, -0.2) is 0 Å². The summed E-state index contributed by atoms with van der Waals surface area (Å²) in [4.78, 5) is 2.77. The van der Waals surface area contributed by atoms with E-state index in [4.69, 9.17) is 5.73 Å². The molecule has 2 N–H and O–H groups in total. The van der Waals surface area contributed by atoms with Gasteiger partial charge in [-0.1, -0.05) is 58.3 Å². The molecule has 0 saturated heterocycles. The molecular formula is C17H36N2. The highest BCUT2D eigenvalue weighted by molar-refractivity contribution is 4.75. The van der Waals surface area contributed by atoms with E-state index in [0.29, 0.717) is 0 Å². The van der Waals surface area contributed by atoms with Crippen LogP contribution < -0.4 is 5.73 Å². The van der Waals surface area contributed by atoms with Gasteiger partial charge in [0.1, 0.15) is 0 Å². The summed E-state index contributed by atoms with van der Waals surface area (Å²) < 4.78 is 0. The molecule has 1 aliphatic rings. The standard InChI is InChI=1S/C17H36N2/c1-2-3-4-7-10-15-19(16-11-14-18)17-12-8-5-6-9-13-17/h17H,2-16,18H2,1H3. The van der Waals surface area contributed by atoms with Crippen molar-refractivity contribution in [2.45, 2.75) is 90.0 Å². The molecule has 0 spiro atoms. The zero-order chi connectivity index (χ0) is 13.8. The van der Waals surface area contributed by atoms with Crippen molar-refractivity contribution in [3.05, 3.63) is 0 Å². The minimum Gasteiger partial charge on any atom is -0.330 e. The van der Waals surface area contributed by atoms with Gasteiger partial charge < -0.3 is 10.6 Å². The van der Waals surface area contributed by atoms with E-state index < -0.39 is 0 Å². The summed E-state index contributed by atoms with van der Waals surface area (Å²) in [6.45, 7) is 5.68. The van der Waals surface area contributed by atoms with E-state index in [1.807, 2.05) is 0 Å². The molecule has 2 nitrogen and oxygen atoms in total. The fraction of sp³-hybridized carbons (Fsp3) is 1.00. The van der Waals surface area contributed by atoms with Crippen LogP contribution in [-0.4, -0.2) is 30.6 Å². The Morgan fingerprint density at radius 1 is 0.842 bits per heavy atom. The minimum atomic E-state index is 0.846.